The van der Waals surface area contributed by atoms with E-state index in [2.05, 4.69) is 15.5 Å². The number of pyridine rings is 1. The number of carbonyl (C=O) groups is 1. The maximum atomic E-state index is 12.8. The molecule has 0 unspecified atom stereocenters. The van der Waals surface area contributed by atoms with Crippen molar-refractivity contribution < 1.29 is 19.2 Å². The molecule has 0 radical (unpaired) electrons. The third kappa shape index (κ3) is 5.68. The van der Waals surface area contributed by atoms with Crippen LogP contribution in [-0.2, 0) is 18.3 Å². The SMILES string of the molecule is CCN(CC)c1ncc(-c2c(C)noc2C)c(N[C@@H](Cc2ccc(-c3c(OC)ccn(C)c3=O)cc2)C(=O)O)n1. The van der Waals surface area contributed by atoms with Gasteiger partial charge in [-0.05, 0) is 44.9 Å². The molecule has 2 N–H and O–H groups in total. The third-order valence-electron chi connectivity index (χ3n) is 6.87. The second-order valence-corrected chi connectivity index (χ2v) is 9.42. The molecule has 3 aromatic heterocycles. The number of anilines is 2. The van der Waals surface area contributed by atoms with Gasteiger partial charge in [-0.15, -0.1) is 0 Å². The minimum atomic E-state index is -1.03. The maximum absolute atomic E-state index is 12.8. The Bertz CT molecular complexity index is 1540. The van der Waals surface area contributed by atoms with Gasteiger partial charge in [-0.1, -0.05) is 29.4 Å². The fourth-order valence-corrected chi connectivity index (χ4v) is 4.65. The predicted octanol–water partition coefficient (Wildman–Crippen LogP) is 4.08. The highest BCUT2D eigenvalue weighted by atomic mass is 16.5. The lowest BCUT2D eigenvalue weighted by molar-refractivity contribution is -0.137. The molecule has 0 aliphatic rings. The lowest BCUT2D eigenvalue weighted by Crippen LogP contribution is -2.33. The van der Waals surface area contributed by atoms with E-state index in [-0.39, 0.29) is 12.0 Å². The number of benzene rings is 1. The van der Waals surface area contributed by atoms with Crippen molar-refractivity contribution in [3.63, 3.8) is 0 Å². The molecule has 0 amide bonds. The fraction of sp³-hybridized carbons (Fsp3) is 0.345. The van der Waals surface area contributed by atoms with Crippen molar-refractivity contribution in [2.75, 3.05) is 30.4 Å². The van der Waals surface area contributed by atoms with Crippen LogP contribution in [0.2, 0.25) is 0 Å². The zero-order chi connectivity index (χ0) is 29.0. The Balaban J connectivity index is 1.68. The highest BCUT2D eigenvalue weighted by molar-refractivity contribution is 5.83. The molecule has 210 valence electrons. The predicted molar refractivity (Wildman–Crippen MR) is 153 cm³/mol. The Labute approximate surface area is 232 Å². The first-order valence-corrected chi connectivity index (χ1v) is 13.1. The monoisotopic (exact) mass is 546 g/mol. The van der Waals surface area contributed by atoms with Crippen LogP contribution in [0, 0.1) is 13.8 Å². The van der Waals surface area contributed by atoms with Gasteiger partial charge in [0, 0.05) is 44.5 Å². The molecule has 11 nitrogen and oxygen atoms in total. The smallest absolute Gasteiger partial charge is 0.326 e. The lowest BCUT2D eigenvalue weighted by Gasteiger charge is -2.22. The van der Waals surface area contributed by atoms with Crippen LogP contribution in [0.15, 0.2) is 52.0 Å². The molecule has 0 bridgehead atoms. The van der Waals surface area contributed by atoms with Crippen molar-refractivity contribution in [1.29, 1.82) is 0 Å². The summed E-state index contributed by atoms with van der Waals surface area (Å²) in [4.78, 5) is 36.4. The van der Waals surface area contributed by atoms with Gasteiger partial charge < -0.3 is 29.2 Å². The first-order valence-electron chi connectivity index (χ1n) is 13.1. The number of carboxylic acid groups (broad SMARTS) is 1. The molecule has 0 spiro atoms. The molecular formula is C29H34N6O5. The quantitative estimate of drug-likeness (QED) is 0.283. The van der Waals surface area contributed by atoms with E-state index >= 15 is 0 Å². The van der Waals surface area contributed by atoms with Crippen molar-refractivity contribution in [1.82, 2.24) is 19.7 Å². The summed E-state index contributed by atoms with van der Waals surface area (Å²) in [6, 6.07) is 7.96. The largest absolute Gasteiger partial charge is 0.496 e. The number of methoxy groups -OCH3 is 1. The molecule has 0 fully saturated rings. The van der Waals surface area contributed by atoms with Gasteiger partial charge in [0.2, 0.25) is 5.95 Å². The molecule has 0 saturated carbocycles. The highest BCUT2D eigenvalue weighted by Gasteiger charge is 2.24. The van der Waals surface area contributed by atoms with Crippen molar-refractivity contribution in [3.8, 4) is 28.0 Å². The Morgan fingerprint density at radius 3 is 2.42 bits per heavy atom. The average Bonchev–Trinajstić information content (AvgIpc) is 3.28. The molecule has 40 heavy (non-hydrogen) atoms. The van der Waals surface area contributed by atoms with Gasteiger partial charge in [0.05, 0.1) is 23.9 Å². The third-order valence-corrected chi connectivity index (χ3v) is 6.87. The fourth-order valence-electron chi connectivity index (χ4n) is 4.65. The molecule has 1 aromatic carbocycles. The lowest BCUT2D eigenvalue weighted by atomic mass is 10.00. The topological polar surface area (TPSA) is 136 Å². The normalized spacial score (nSPS) is 11.8. The molecule has 0 saturated heterocycles. The van der Waals surface area contributed by atoms with Crippen molar-refractivity contribution in [3.05, 3.63) is 70.1 Å². The van der Waals surface area contributed by atoms with Gasteiger partial charge >= 0.3 is 5.97 Å². The van der Waals surface area contributed by atoms with Crippen LogP contribution in [0.5, 0.6) is 5.75 Å². The van der Waals surface area contributed by atoms with Crippen molar-refractivity contribution in [2.45, 2.75) is 40.2 Å². The summed E-state index contributed by atoms with van der Waals surface area (Å²) in [5.41, 5.74) is 3.71. The second-order valence-electron chi connectivity index (χ2n) is 9.42. The van der Waals surface area contributed by atoms with Crippen LogP contribution in [0.1, 0.15) is 30.9 Å². The first-order chi connectivity index (χ1) is 19.2. The molecule has 4 aromatic rings. The average molecular weight is 547 g/mol. The summed E-state index contributed by atoms with van der Waals surface area (Å²) in [7, 11) is 3.20. The first kappa shape index (κ1) is 28.3. The van der Waals surface area contributed by atoms with Crippen molar-refractivity contribution >= 4 is 17.7 Å². The summed E-state index contributed by atoms with van der Waals surface area (Å²) < 4.78 is 12.2. The molecule has 0 aliphatic carbocycles. The molecular weight excluding hydrogens is 512 g/mol. The van der Waals surface area contributed by atoms with Crippen molar-refractivity contribution in [2.24, 2.45) is 7.05 Å². The summed E-state index contributed by atoms with van der Waals surface area (Å²) >= 11 is 0. The Morgan fingerprint density at radius 1 is 1.15 bits per heavy atom. The number of aryl methyl sites for hydroxylation is 3. The summed E-state index contributed by atoms with van der Waals surface area (Å²) in [5, 5.41) is 17.3. The van der Waals surface area contributed by atoms with E-state index in [0.29, 0.717) is 58.7 Å². The molecule has 11 heteroatoms. The van der Waals surface area contributed by atoms with E-state index < -0.39 is 12.0 Å². The van der Waals surface area contributed by atoms with Gasteiger partial charge in [-0.25, -0.2) is 9.78 Å². The summed E-state index contributed by atoms with van der Waals surface area (Å²) in [6.45, 7) is 9.02. The standard InChI is InChI=1S/C29H34N6O5/c1-7-35(8-2)29-30-16-21(24-17(3)33-40-18(24)4)26(32-29)31-22(28(37)38)15-19-9-11-20(12-10-19)25-23(39-6)13-14-34(5)27(25)36/h9-14,16,22H,7-8,15H2,1-6H3,(H,37,38)(H,30,31,32)/t22-/m0/s1. The van der Waals surface area contributed by atoms with Crippen LogP contribution in [0.25, 0.3) is 22.3 Å². The Morgan fingerprint density at radius 2 is 1.85 bits per heavy atom. The summed E-state index contributed by atoms with van der Waals surface area (Å²) in [5.74, 6) is 0.906. The maximum Gasteiger partial charge on any atom is 0.326 e. The number of ether oxygens (including phenoxy) is 1. The number of hydrogen-bond donors (Lipinski definition) is 2. The number of aromatic nitrogens is 4. The van der Waals surface area contributed by atoms with Crippen LogP contribution < -0.4 is 20.5 Å². The zero-order valence-electron chi connectivity index (χ0n) is 23.6. The number of hydrogen-bond acceptors (Lipinski definition) is 9. The van der Waals surface area contributed by atoms with E-state index in [0.717, 1.165) is 11.1 Å². The van der Waals surface area contributed by atoms with Gasteiger partial charge in [0.15, 0.2) is 0 Å². The van der Waals surface area contributed by atoms with Gasteiger partial charge in [-0.2, -0.15) is 4.98 Å². The number of carboxylic acids is 1. The number of aliphatic carboxylic acids is 1. The van der Waals surface area contributed by atoms with E-state index in [1.54, 1.807) is 44.6 Å². The molecule has 1 atom stereocenters. The molecule has 0 aliphatic heterocycles. The van der Waals surface area contributed by atoms with E-state index in [1.165, 1.54) is 11.7 Å². The number of nitrogens with zero attached hydrogens (tertiary/aromatic N) is 5. The Kier molecular flexibility index (Phi) is 8.52. The zero-order valence-corrected chi connectivity index (χ0v) is 23.6. The van der Waals surface area contributed by atoms with Crippen LogP contribution in [-0.4, -0.2) is 57.0 Å². The van der Waals surface area contributed by atoms with Gasteiger partial charge in [-0.3, -0.25) is 4.79 Å². The Hall–Kier alpha value is -4.67. The van der Waals surface area contributed by atoms with Crippen LogP contribution in [0.3, 0.4) is 0 Å². The van der Waals surface area contributed by atoms with Crippen LogP contribution in [0.4, 0.5) is 11.8 Å². The highest BCUT2D eigenvalue weighted by Crippen LogP contribution is 2.33. The van der Waals surface area contributed by atoms with Gasteiger partial charge in [0.25, 0.3) is 5.56 Å². The minimum Gasteiger partial charge on any atom is -0.496 e. The molecule has 3 heterocycles. The second kappa shape index (κ2) is 12.0. The van der Waals surface area contributed by atoms with E-state index in [9.17, 15) is 14.7 Å². The van der Waals surface area contributed by atoms with E-state index in [1.807, 2.05) is 37.8 Å². The number of nitrogens with one attached hydrogen (secondary N) is 1. The van der Waals surface area contributed by atoms with Crippen LogP contribution >= 0.6 is 0 Å². The molecule has 4 rings (SSSR count). The summed E-state index contributed by atoms with van der Waals surface area (Å²) in [6.07, 6.45) is 3.50. The number of rotatable bonds is 11. The minimum absolute atomic E-state index is 0.172. The van der Waals surface area contributed by atoms with E-state index in [4.69, 9.17) is 14.2 Å². The van der Waals surface area contributed by atoms with Gasteiger partial charge in [0.1, 0.15) is 23.4 Å².